The predicted molar refractivity (Wildman–Crippen MR) is 91.9 cm³/mol. The fourth-order valence-electron chi connectivity index (χ4n) is 1.98. The van der Waals surface area contributed by atoms with Gasteiger partial charge in [0.2, 0.25) is 5.91 Å². The standard InChI is InChI=1S/C16H20N4O2S/c1-4-10-20-12(3)18-19-16(20)23-11-15(21)17-13-8-6-7-9-14(13)22-5-2/h4,6-9H,1,5,10-11H2,2-3H3,(H,17,21). The van der Waals surface area contributed by atoms with Crippen LogP contribution in [0.4, 0.5) is 5.69 Å². The van der Waals surface area contributed by atoms with Gasteiger partial charge in [-0.1, -0.05) is 30.0 Å². The van der Waals surface area contributed by atoms with Gasteiger partial charge in [-0.3, -0.25) is 4.79 Å². The van der Waals surface area contributed by atoms with Crippen LogP contribution in [0.25, 0.3) is 0 Å². The monoisotopic (exact) mass is 332 g/mol. The molecule has 6 nitrogen and oxygen atoms in total. The maximum atomic E-state index is 12.2. The Balaban J connectivity index is 1.97. The summed E-state index contributed by atoms with van der Waals surface area (Å²) in [6.45, 7) is 8.67. The smallest absolute Gasteiger partial charge is 0.234 e. The Morgan fingerprint density at radius 2 is 2.22 bits per heavy atom. The fraction of sp³-hybridized carbons (Fsp3) is 0.312. The average Bonchev–Trinajstić information content (AvgIpc) is 2.89. The van der Waals surface area contributed by atoms with Crippen molar-refractivity contribution < 1.29 is 9.53 Å². The molecular weight excluding hydrogens is 312 g/mol. The molecule has 2 rings (SSSR count). The highest BCUT2D eigenvalue weighted by Crippen LogP contribution is 2.24. The van der Waals surface area contributed by atoms with Gasteiger partial charge >= 0.3 is 0 Å². The van der Waals surface area contributed by atoms with Crippen LogP contribution >= 0.6 is 11.8 Å². The number of nitrogens with zero attached hydrogens (tertiary/aromatic N) is 3. The van der Waals surface area contributed by atoms with E-state index in [4.69, 9.17) is 4.74 Å². The van der Waals surface area contributed by atoms with Crippen LogP contribution in [0, 0.1) is 6.92 Å². The molecule has 0 aliphatic rings. The molecule has 23 heavy (non-hydrogen) atoms. The zero-order chi connectivity index (χ0) is 16.7. The first-order valence-electron chi connectivity index (χ1n) is 7.30. The molecule has 0 fully saturated rings. The van der Waals surface area contributed by atoms with E-state index in [1.54, 1.807) is 6.08 Å². The van der Waals surface area contributed by atoms with Gasteiger partial charge in [0.15, 0.2) is 5.16 Å². The van der Waals surface area contributed by atoms with Crippen LogP contribution in [0.5, 0.6) is 5.75 Å². The lowest BCUT2D eigenvalue weighted by molar-refractivity contribution is -0.113. The number of hydrogen-bond acceptors (Lipinski definition) is 5. The summed E-state index contributed by atoms with van der Waals surface area (Å²) in [6, 6.07) is 7.37. The second-order valence-electron chi connectivity index (χ2n) is 4.70. The summed E-state index contributed by atoms with van der Waals surface area (Å²) < 4.78 is 7.41. The minimum Gasteiger partial charge on any atom is -0.492 e. The highest BCUT2D eigenvalue weighted by atomic mass is 32.2. The normalized spacial score (nSPS) is 10.3. The number of allylic oxidation sites excluding steroid dienone is 1. The van der Waals surface area contributed by atoms with E-state index in [-0.39, 0.29) is 11.7 Å². The third-order valence-electron chi connectivity index (χ3n) is 3.01. The first-order valence-corrected chi connectivity index (χ1v) is 8.29. The molecule has 0 aliphatic heterocycles. The Labute approximate surface area is 139 Å². The van der Waals surface area contributed by atoms with Crippen molar-refractivity contribution in [2.75, 3.05) is 17.7 Å². The van der Waals surface area contributed by atoms with Crippen molar-refractivity contribution in [2.45, 2.75) is 25.5 Å². The molecule has 0 saturated heterocycles. The summed E-state index contributed by atoms with van der Waals surface area (Å²) in [7, 11) is 0. The van der Waals surface area contributed by atoms with Crippen LogP contribution in [0.15, 0.2) is 42.1 Å². The Morgan fingerprint density at radius 3 is 2.96 bits per heavy atom. The third kappa shape index (κ3) is 4.59. The van der Waals surface area contributed by atoms with E-state index in [1.165, 1.54) is 11.8 Å². The number of nitrogens with one attached hydrogen (secondary N) is 1. The summed E-state index contributed by atoms with van der Waals surface area (Å²) in [5.41, 5.74) is 0.670. The van der Waals surface area contributed by atoms with E-state index in [0.29, 0.717) is 29.7 Å². The number of amides is 1. The number of aryl methyl sites for hydroxylation is 1. The topological polar surface area (TPSA) is 69.0 Å². The van der Waals surface area contributed by atoms with E-state index in [0.717, 1.165) is 5.82 Å². The molecule has 2 aromatic rings. The maximum Gasteiger partial charge on any atom is 0.234 e. The Hall–Kier alpha value is -2.28. The second kappa shape index (κ2) is 8.38. The quantitative estimate of drug-likeness (QED) is 0.594. The van der Waals surface area contributed by atoms with Crippen LogP contribution in [0.3, 0.4) is 0 Å². The molecule has 0 atom stereocenters. The lowest BCUT2D eigenvalue weighted by Gasteiger charge is -2.11. The lowest BCUT2D eigenvalue weighted by atomic mass is 10.3. The Morgan fingerprint density at radius 1 is 1.43 bits per heavy atom. The highest BCUT2D eigenvalue weighted by Gasteiger charge is 2.12. The summed E-state index contributed by atoms with van der Waals surface area (Å²) >= 11 is 1.34. The molecule has 1 N–H and O–H groups in total. The molecule has 1 aromatic carbocycles. The van der Waals surface area contributed by atoms with Gasteiger partial charge in [0.05, 0.1) is 18.0 Å². The van der Waals surface area contributed by atoms with Crippen molar-refractivity contribution in [1.29, 1.82) is 0 Å². The number of para-hydroxylation sites is 2. The SMILES string of the molecule is C=CCn1c(C)nnc1SCC(=O)Nc1ccccc1OCC. The van der Waals surface area contributed by atoms with Crippen molar-refractivity contribution in [3.05, 3.63) is 42.7 Å². The minimum absolute atomic E-state index is 0.118. The van der Waals surface area contributed by atoms with Crippen LogP contribution in [0.2, 0.25) is 0 Å². The number of rotatable bonds is 8. The number of carbonyl (C=O) groups is 1. The molecule has 0 saturated carbocycles. The van der Waals surface area contributed by atoms with Crippen LogP contribution in [-0.4, -0.2) is 33.0 Å². The molecule has 1 heterocycles. The van der Waals surface area contributed by atoms with E-state index in [9.17, 15) is 4.79 Å². The van der Waals surface area contributed by atoms with Crippen LogP contribution in [0.1, 0.15) is 12.7 Å². The molecule has 0 bridgehead atoms. The molecular formula is C16H20N4O2S. The molecule has 122 valence electrons. The first-order chi connectivity index (χ1) is 11.2. The third-order valence-corrected chi connectivity index (χ3v) is 3.97. The van der Waals surface area contributed by atoms with Gasteiger partial charge in [0.1, 0.15) is 11.6 Å². The molecule has 0 unspecified atom stereocenters. The van der Waals surface area contributed by atoms with Gasteiger partial charge in [0.25, 0.3) is 0 Å². The molecule has 1 amide bonds. The van der Waals surface area contributed by atoms with Crippen LogP contribution < -0.4 is 10.1 Å². The molecule has 0 spiro atoms. The number of ether oxygens (including phenoxy) is 1. The fourth-order valence-corrected chi connectivity index (χ4v) is 2.77. The summed E-state index contributed by atoms with van der Waals surface area (Å²) in [5.74, 6) is 1.59. The van der Waals surface area contributed by atoms with E-state index < -0.39 is 0 Å². The largest absolute Gasteiger partial charge is 0.492 e. The second-order valence-corrected chi connectivity index (χ2v) is 5.64. The van der Waals surface area contributed by atoms with E-state index >= 15 is 0 Å². The number of hydrogen-bond donors (Lipinski definition) is 1. The number of benzene rings is 1. The molecule has 7 heteroatoms. The van der Waals surface area contributed by atoms with Crippen molar-refractivity contribution in [3.63, 3.8) is 0 Å². The highest BCUT2D eigenvalue weighted by molar-refractivity contribution is 7.99. The maximum absolute atomic E-state index is 12.2. The van der Waals surface area contributed by atoms with Crippen LogP contribution in [-0.2, 0) is 11.3 Å². The van der Waals surface area contributed by atoms with Gasteiger partial charge in [0, 0.05) is 6.54 Å². The minimum atomic E-state index is -0.118. The zero-order valence-corrected chi connectivity index (χ0v) is 14.1. The van der Waals surface area contributed by atoms with Crippen molar-refractivity contribution in [1.82, 2.24) is 14.8 Å². The summed E-state index contributed by atoms with van der Waals surface area (Å²) in [6.07, 6.45) is 1.78. The summed E-state index contributed by atoms with van der Waals surface area (Å²) in [4.78, 5) is 12.2. The predicted octanol–water partition coefficient (Wildman–Crippen LogP) is 2.90. The van der Waals surface area contributed by atoms with Gasteiger partial charge in [-0.15, -0.1) is 16.8 Å². The van der Waals surface area contributed by atoms with E-state index in [2.05, 4.69) is 22.1 Å². The molecule has 0 aliphatic carbocycles. The average molecular weight is 332 g/mol. The van der Waals surface area contributed by atoms with Crippen molar-refractivity contribution in [2.24, 2.45) is 0 Å². The van der Waals surface area contributed by atoms with Gasteiger partial charge in [-0.25, -0.2) is 0 Å². The van der Waals surface area contributed by atoms with Crippen molar-refractivity contribution >= 4 is 23.4 Å². The number of aromatic nitrogens is 3. The van der Waals surface area contributed by atoms with Gasteiger partial charge in [-0.05, 0) is 26.0 Å². The van der Waals surface area contributed by atoms with Gasteiger partial charge in [-0.2, -0.15) is 0 Å². The lowest BCUT2D eigenvalue weighted by Crippen LogP contribution is -2.15. The Kier molecular flexibility index (Phi) is 6.22. The number of thioether (sulfide) groups is 1. The molecule has 1 aromatic heterocycles. The number of anilines is 1. The van der Waals surface area contributed by atoms with Crippen molar-refractivity contribution in [3.8, 4) is 5.75 Å². The van der Waals surface area contributed by atoms with E-state index in [1.807, 2.05) is 42.7 Å². The Bertz CT molecular complexity index is 684. The van der Waals surface area contributed by atoms with Gasteiger partial charge < -0.3 is 14.6 Å². The molecule has 0 radical (unpaired) electrons. The summed E-state index contributed by atoms with van der Waals surface area (Å²) in [5, 5.41) is 11.7. The first kappa shape index (κ1) is 17.1. The zero-order valence-electron chi connectivity index (χ0n) is 13.3. The number of carbonyl (C=O) groups excluding carboxylic acids is 1.